The van der Waals surface area contributed by atoms with Gasteiger partial charge >= 0.3 is 0 Å². The highest BCUT2D eigenvalue weighted by Gasteiger charge is 2.31. The van der Waals surface area contributed by atoms with Crippen LogP contribution in [0.3, 0.4) is 0 Å². The first-order valence-corrected chi connectivity index (χ1v) is 6.80. The van der Waals surface area contributed by atoms with E-state index in [9.17, 15) is 0 Å². The Balaban J connectivity index is 1.88. The van der Waals surface area contributed by atoms with Crippen molar-refractivity contribution in [1.82, 2.24) is 0 Å². The molecular weight excluding hydrogens is 255 g/mol. The molecular formula is C14H18Cl2O. The Morgan fingerprint density at radius 2 is 2.06 bits per heavy atom. The van der Waals surface area contributed by atoms with Crippen LogP contribution in [0.5, 0.6) is 0 Å². The van der Waals surface area contributed by atoms with E-state index >= 15 is 0 Å². The van der Waals surface area contributed by atoms with Gasteiger partial charge in [0.15, 0.2) is 0 Å². The maximum atomic E-state index is 6.00. The minimum absolute atomic E-state index is 0.0578. The first kappa shape index (κ1) is 13.2. The number of benzene rings is 1. The van der Waals surface area contributed by atoms with Crippen molar-refractivity contribution in [2.24, 2.45) is 5.92 Å². The monoisotopic (exact) mass is 272 g/mol. The fraction of sp³-hybridized carbons (Fsp3) is 0.571. The van der Waals surface area contributed by atoms with E-state index in [1.807, 2.05) is 12.1 Å². The van der Waals surface area contributed by atoms with Crippen LogP contribution < -0.4 is 0 Å². The summed E-state index contributed by atoms with van der Waals surface area (Å²) in [6, 6.07) is 5.88. The van der Waals surface area contributed by atoms with Gasteiger partial charge in [-0.25, -0.2) is 0 Å². The van der Waals surface area contributed by atoms with Crippen molar-refractivity contribution in [3.63, 3.8) is 0 Å². The van der Waals surface area contributed by atoms with E-state index in [0.29, 0.717) is 16.0 Å². The van der Waals surface area contributed by atoms with Gasteiger partial charge in [-0.15, -0.1) is 0 Å². The summed E-state index contributed by atoms with van der Waals surface area (Å²) in [6.07, 6.45) is 3.34. The average molecular weight is 273 g/mol. The quantitative estimate of drug-likeness (QED) is 0.772. The number of hydrogen-bond donors (Lipinski definition) is 0. The average Bonchev–Trinajstić information content (AvgIpc) is 2.60. The molecule has 1 nitrogen and oxygen atoms in total. The van der Waals surface area contributed by atoms with Gasteiger partial charge in [0.2, 0.25) is 0 Å². The molecule has 0 N–H and O–H groups in total. The molecule has 1 fully saturated rings. The summed E-state index contributed by atoms with van der Waals surface area (Å²) in [5.41, 5.74) is 1.31. The molecule has 3 heteroatoms. The highest BCUT2D eigenvalue weighted by molar-refractivity contribution is 6.42. The lowest BCUT2D eigenvalue weighted by molar-refractivity contribution is 0.0349. The molecule has 94 valence electrons. The van der Waals surface area contributed by atoms with Gasteiger partial charge in [-0.3, -0.25) is 0 Å². The molecule has 0 amide bonds. The topological polar surface area (TPSA) is 9.23 Å². The van der Waals surface area contributed by atoms with Crippen molar-refractivity contribution >= 4 is 23.2 Å². The van der Waals surface area contributed by atoms with Crippen molar-refractivity contribution in [3.8, 4) is 0 Å². The van der Waals surface area contributed by atoms with E-state index in [1.54, 1.807) is 0 Å². The molecule has 0 saturated carbocycles. The highest BCUT2D eigenvalue weighted by atomic mass is 35.5. The standard InChI is InChI=1S/C14H18Cl2O/c1-14(2)8-11(9-17-14)4-3-10-5-6-12(15)13(16)7-10/h5-7,11H,3-4,8-9H2,1-2H3/t11-/m1/s1. The van der Waals surface area contributed by atoms with Gasteiger partial charge in [0, 0.05) is 0 Å². The fourth-order valence-corrected chi connectivity index (χ4v) is 2.73. The largest absolute Gasteiger partial charge is 0.375 e. The van der Waals surface area contributed by atoms with Crippen LogP contribution in [0, 0.1) is 5.92 Å². The summed E-state index contributed by atoms with van der Waals surface area (Å²) < 4.78 is 5.74. The molecule has 1 aromatic carbocycles. The van der Waals surface area contributed by atoms with E-state index in [1.165, 1.54) is 5.56 Å². The van der Waals surface area contributed by atoms with Gasteiger partial charge < -0.3 is 4.74 Å². The van der Waals surface area contributed by atoms with E-state index in [0.717, 1.165) is 25.9 Å². The van der Waals surface area contributed by atoms with E-state index in [2.05, 4.69) is 19.9 Å². The minimum Gasteiger partial charge on any atom is -0.375 e. The van der Waals surface area contributed by atoms with Crippen LogP contribution in [-0.2, 0) is 11.2 Å². The zero-order valence-corrected chi connectivity index (χ0v) is 11.8. The van der Waals surface area contributed by atoms with Crippen LogP contribution in [0.2, 0.25) is 10.0 Å². The number of ether oxygens (including phenoxy) is 1. The van der Waals surface area contributed by atoms with Crippen LogP contribution in [0.25, 0.3) is 0 Å². The second-order valence-electron chi connectivity index (χ2n) is 5.43. The Kier molecular flexibility index (Phi) is 4.02. The molecule has 17 heavy (non-hydrogen) atoms. The van der Waals surface area contributed by atoms with Crippen molar-refractivity contribution in [2.45, 2.75) is 38.7 Å². The number of aryl methyl sites for hydroxylation is 1. The normalized spacial score (nSPS) is 22.9. The van der Waals surface area contributed by atoms with Gasteiger partial charge in [0.1, 0.15) is 0 Å². The minimum atomic E-state index is 0.0578. The van der Waals surface area contributed by atoms with E-state index < -0.39 is 0 Å². The Morgan fingerprint density at radius 3 is 2.65 bits per heavy atom. The van der Waals surface area contributed by atoms with Crippen LogP contribution in [-0.4, -0.2) is 12.2 Å². The molecule has 1 aromatic rings. The molecule has 1 saturated heterocycles. The maximum Gasteiger partial charge on any atom is 0.0630 e. The van der Waals surface area contributed by atoms with Crippen LogP contribution in [0.15, 0.2) is 18.2 Å². The third kappa shape index (κ3) is 3.61. The summed E-state index contributed by atoms with van der Waals surface area (Å²) in [6.45, 7) is 5.20. The van der Waals surface area contributed by atoms with Crippen LogP contribution in [0.1, 0.15) is 32.3 Å². The second-order valence-corrected chi connectivity index (χ2v) is 6.24. The molecule has 1 heterocycles. The highest BCUT2D eigenvalue weighted by Crippen LogP contribution is 2.32. The molecule has 2 rings (SSSR count). The Bertz CT molecular complexity index is 401. The number of rotatable bonds is 3. The lowest BCUT2D eigenvalue weighted by Crippen LogP contribution is -2.16. The smallest absolute Gasteiger partial charge is 0.0630 e. The first-order chi connectivity index (χ1) is 7.96. The van der Waals surface area contributed by atoms with Crippen molar-refractivity contribution in [1.29, 1.82) is 0 Å². The zero-order valence-electron chi connectivity index (χ0n) is 10.3. The van der Waals surface area contributed by atoms with Crippen molar-refractivity contribution in [3.05, 3.63) is 33.8 Å². The van der Waals surface area contributed by atoms with Gasteiger partial charge in [-0.05, 0) is 56.7 Å². The Hall–Kier alpha value is -0.240. The third-order valence-corrected chi connectivity index (χ3v) is 4.05. The predicted octanol–water partition coefficient (Wildman–Crippen LogP) is 4.74. The van der Waals surface area contributed by atoms with Crippen LogP contribution >= 0.6 is 23.2 Å². The Labute approximate surface area is 113 Å². The summed E-state index contributed by atoms with van der Waals surface area (Å²) in [4.78, 5) is 0. The first-order valence-electron chi connectivity index (χ1n) is 6.04. The van der Waals surface area contributed by atoms with E-state index in [4.69, 9.17) is 27.9 Å². The molecule has 0 aromatic heterocycles. The van der Waals surface area contributed by atoms with Crippen LogP contribution in [0.4, 0.5) is 0 Å². The second kappa shape index (κ2) is 5.17. The summed E-state index contributed by atoms with van der Waals surface area (Å²) in [7, 11) is 0. The predicted molar refractivity (Wildman–Crippen MR) is 72.9 cm³/mol. The summed E-state index contributed by atoms with van der Waals surface area (Å²) in [5, 5.41) is 1.27. The van der Waals surface area contributed by atoms with Crippen molar-refractivity contribution < 1.29 is 4.74 Å². The fourth-order valence-electron chi connectivity index (χ4n) is 2.41. The lowest BCUT2D eigenvalue weighted by Gasteiger charge is -2.15. The van der Waals surface area contributed by atoms with Crippen molar-refractivity contribution in [2.75, 3.05) is 6.61 Å². The molecule has 0 bridgehead atoms. The maximum absolute atomic E-state index is 6.00. The number of halogens is 2. The SMILES string of the molecule is CC1(C)C[C@@H](CCc2ccc(Cl)c(Cl)c2)CO1. The zero-order chi connectivity index (χ0) is 12.5. The van der Waals surface area contributed by atoms with E-state index in [-0.39, 0.29) is 5.60 Å². The molecule has 0 radical (unpaired) electrons. The van der Waals surface area contributed by atoms with Gasteiger partial charge in [-0.1, -0.05) is 29.3 Å². The van der Waals surface area contributed by atoms with Gasteiger partial charge in [-0.2, -0.15) is 0 Å². The number of hydrogen-bond acceptors (Lipinski definition) is 1. The lowest BCUT2D eigenvalue weighted by atomic mass is 9.92. The Morgan fingerprint density at radius 1 is 1.29 bits per heavy atom. The summed E-state index contributed by atoms with van der Waals surface area (Å²) in [5.74, 6) is 0.666. The molecule has 0 spiro atoms. The molecule has 0 aliphatic carbocycles. The molecule has 1 aliphatic rings. The third-order valence-electron chi connectivity index (χ3n) is 3.32. The summed E-state index contributed by atoms with van der Waals surface area (Å²) >= 11 is 11.9. The van der Waals surface area contributed by atoms with Gasteiger partial charge in [0.25, 0.3) is 0 Å². The molecule has 0 unspecified atom stereocenters. The molecule has 1 atom stereocenters. The van der Waals surface area contributed by atoms with Gasteiger partial charge in [0.05, 0.1) is 22.3 Å². The molecule has 1 aliphatic heterocycles.